The smallest absolute Gasteiger partial charge is 0.325 e. The monoisotopic (exact) mass is 441 g/mol. The van der Waals surface area contributed by atoms with Crippen LogP contribution in [0.4, 0.5) is 0 Å². The van der Waals surface area contributed by atoms with Gasteiger partial charge in [0.25, 0.3) is 0 Å². The summed E-state index contributed by atoms with van der Waals surface area (Å²) < 4.78 is 16.7. The summed E-state index contributed by atoms with van der Waals surface area (Å²) in [6.45, 7) is 3.31. The SMILES string of the molecule is CCC/C(=C/c1nnc(-c2ccc(CNCCCP(=O)(O)O)cc2)o1)c1ccccc1. The highest BCUT2D eigenvalue weighted by molar-refractivity contribution is 7.51. The van der Waals surface area contributed by atoms with Gasteiger partial charge < -0.3 is 19.5 Å². The molecule has 0 spiro atoms. The molecule has 0 radical (unpaired) electrons. The Kier molecular flexibility index (Phi) is 8.32. The second-order valence-electron chi connectivity index (χ2n) is 7.35. The third-order valence-corrected chi connectivity index (χ3v) is 5.63. The Balaban J connectivity index is 1.61. The Morgan fingerprint density at radius 3 is 2.52 bits per heavy atom. The van der Waals surface area contributed by atoms with Crippen molar-refractivity contribution >= 4 is 19.2 Å². The number of hydrogen-bond donors (Lipinski definition) is 3. The van der Waals surface area contributed by atoms with Crippen molar-refractivity contribution in [2.45, 2.75) is 32.7 Å². The lowest BCUT2D eigenvalue weighted by atomic mass is 10.0. The van der Waals surface area contributed by atoms with Gasteiger partial charge in [0.1, 0.15) is 0 Å². The van der Waals surface area contributed by atoms with Crippen molar-refractivity contribution in [2.75, 3.05) is 12.7 Å². The van der Waals surface area contributed by atoms with Crippen LogP contribution in [0.1, 0.15) is 43.2 Å². The number of nitrogens with one attached hydrogen (secondary N) is 1. The van der Waals surface area contributed by atoms with E-state index in [1.807, 2.05) is 48.5 Å². The summed E-state index contributed by atoms with van der Waals surface area (Å²) in [5.74, 6) is 0.953. The van der Waals surface area contributed by atoms with Crippen LogP contribution in [-0.4, -0.2) is 32.7 Å². The number of nitrogens with zero attached hydrogens (tertiary/aromatic N) is 2. The highest BCUT2D eigenvalue weighted by atomic mass is 31.2. The fraction of sp³-hybridized carbons (Fsp3) is 0.304. The number of benzene rings is 2. The van der Waals surface area contributed by atoms with Gasteiger partial charge in [-0.05, 0) is 48.2 Å². The summed E-state index contributed by atoms with van der Waals surface area (Å²) in [5.41, 5.74) is 4.23. The van der Waals surface area contributed by atoms with Crippen LogP contribution >= 0.6 is 7.60 Å². The van der Waals surface area contributed by atoms with Crippen molar-refractivity contribution in [1.29, 1.82) is 0 Å². The van der Waals surface area contributed by atoms with Crippen LogP contribution in [0.15, 0.2) is 59.0 Å². The van der Waals surface area contributed by atoms with Gasteiger partial charge in [0, 0.05) is 18.2 Å². The summed E-state index contributed by atoms with van der Waals surface area (Å²) in [5, 5.41) is 11.5. The molecule has 0 aliphatic carbocycles. The molecule has 1 aromatic heterocycles. The van der Waals surface area contributed by atoms with Gasteiger partial charge in [0.05, 0.1) is 6.16 Å². The van der Waals surface area contributed by atoms with E-state index in [1.54, 1.807) is 0 Å². The molecule has 0 aliphatic rings. The van der Waals surface area contributed by atoms with Crippen LogP contribution in [0.3, 0.4) is 0 Å². The van der Waals surface area contributed by atoms with Crippen LogP contribution in [0.25, 0.3) is 23.1 Å². The first-order chi connectivity index (χ1) is 14.9. The maximum Gasteiger partial charge on any atom is 0.325 e. The van der Waals surface area contributed by atoms with Gasteiger partial charge in [0.2, 0.25) is 11.8 Å². The van der Waals surface area contributed by atoms with E-state index >= 15 is 0 Å². The predicted octanol–water partition coefficient (Wildman–Crippen LogP) is 4.73. The van der Waals surface area contributed by atoms with E-state index in [1.165, 1.54) is 5.57 Å². The topological polar surface area (TPSA) is 108 Å². The lowest BCUT2D eigenvalue weighted by Crippen LogP contribution is -2.15. The molecule has 0 atom stereocenters. The van der Waals surface area contributed by atoms with Crippen molar-refractivity contribution in [3.05, 3.63) is 71.6 Å². The molecular formula is C23H28N3O4P. The minimum Gasteiger partial charge on any atom is -0.417 e. The normalized spacial score (nSPS) is 12.3. The second-order valence-corrected chi connectivity index (χ2v) is 9.12. The van der Waals surface area contributed by atoms with E-state index in [-0.39, 0.29) is 6.16 Å². The van der Waals surface area contributed by atoms with E-state index in [2.05, 4.69) is 34.6 Å². The third-order valence-electron chi connectivity index (χ3n) is 4.74. The second kappa shape index (κ2) is 11.2. The Hall–Kier alpha value is -2.57. The zero-order valence-corrected chi connectivity index (χ0v) is 18.5. The van der Waals surface area contributed by atoms with Gasteiger partial charge in [0.15, 0.2) is 0 Å². The van der Waals surface area contributed by atoms with E-state index in [9.17, 15) is 4.57 Å². The van der Waals surface area contributed by atoms with E-state index in [0.29, 0.717) is 31.3 Å². The summed E-state index contributed by atoms with van der Waals surface area (Å²) in [6.07, 6.45) is 4.24. The largest absolute Gasteiger partial charge is 0.417 e. The molecule has 0 unspecified atom stereocenters. The maximum absolute atomic E-state index is 10.8. The van der Waals surface area contributed by atoms with Crippen LogP contribution in [0.5, 0.6) is 0 Å². The Morgan fingerprint density at radius 2 is 1.84 bits per heavy atom. The zero-order chi connectivity index (χ0) is 22.1. The lowest BCUT2D eigenvalue weighted by Gasteiger charge is -2.06. The molecule has 3 N–H and O–H groups in total. The Labute approximate surface area is 182 Å². The van der Waals surface area contributed by atoms with Crippen LogP contribution < -0.4 is 5.32 Å². The molecular weight excluding hydrogens is 413 g/mol. The van der Waals surface area contributed by atoms with Crippen molar-refractivity contribution in [2.24, 2.45) is 0 Å². The fourth-order valence-electron chi connectivity index (χ4n) is 3.19. The van der Waals surface area contributed by atoms with Gasteiger partial charge in [-0.2, -0.15) is 0 Å². The summed E-state index contributed by atoms with van der Waals surface area (Å²) in [7, 11) is -3.91. The molecule has 0 amide bonds. The quantitative estimate of drug-likeness (QED) is 0.291. The minimum atomic E-state index is -3.91. The van der Waals surface area contributed by atoms with Crippen molar-refractivity contribution in [3.63, 3.8) is 0 Å². The standard InChI is InChI=1S/C23H28N3O4P/c1-2-7-21(19-8-4-3-5-9-19)16-22-25-26-23(30-22)20-12-10-18(11-13-20)17-24-14-6-15-31(27,28)29/h3-5,8-13,16,24H,2,6-7,14-15,17H2,1H3,(H2,27,28,29)/b21-16-. The highest BCUT2D eigenvalue weighted by Crippen LogP contribution is 2.34. The van der Waals surface area contributed by atoms with E-state index in [4.69, 9.17) is 14.2 Å². The van der Waals surface area contributed by atoms with Gasteiger partial charge in [-0.3, -0.25) is 4.57 Å². The molecule has 164 valence electrons. The molecule has 3 aromatic rings. The molecule has 0 bridgehead atoms. The van der Waals surface area contributed by atoms with Crippen molar-refractivity contribution < 1.29 is 18.8 Å². The average molecular weight is 441 g/mol. The van der Waals surface area contributed by atoms with Gasteiger partial charge in [-0.15, -0.1) is 10.2 Å². The van der Waals surface area contributed by atoms with Gasteiger partial charge in [-0.1, -0.05) is 55.8 Å². The van der Waals surface area contributed by atoms with Crippen molar-refractivity contribution in [1.82, 2.24) is 15.5 Å². The Morgan fingerprint density at radius 1 is 1.10 bits per heavy atom. The lowest BCUT2D eigenvalue weighted by molar-refractivity contribution is 0.371. The molecule has 31 heavy (non-hydrogen) atoms. The van der Waals surface area contributed by atoms with Crippen LogP contribution in [0, 0.1) is 0 Å². The molecule has 0 saturated carbocycles. The summed E-state index contributed by atoms with van der Waals surface area (Å²) in [6, 6.07) is 18.0. The molecule has 8 heteroatoms. The molecule has 7 nitrogen and oxygen atoms in total. The number of aromatic nitrogens is 2. The first-order valence-electron chi connectivity index (χ1n) is 10.4. The Bertz CT molecular complexity index is 1030. The first-order valence-corrected chi connectivity index (χ1v) is 12.2. The summed E-state index contributed by atoms with van der Waals surface area (Å²) in [4.78, 5) is 17.7. The third kappa shape index (κ3) is 7.56. The van der Waals surface area contributed by atoms with Crippen LogP contribution in [-0.2, 0) is 11.1 Å². The number of hydrogen-bond acceptors (Lipinski definition) is 5. The van der Waals surface area contributed by atoms with Gasteiger partial charge in [-0.25, -0.2) is 0 Å². The molecule has 0 aliphatic heterocycles. The summed E-state index contributed by atoms with van der Waals surface area (Å²) >= 11 is 0. The zero-order valence-electron chi connectivity index (χ0n) is 17.6. The van der Waals surface area contributed by atoms with E-state index < -0.39 is 7.60 Å². The average Bonchev–Trinajstić information content (AvgIpc) is 3.22. The number of allylic oxidation sites excluding steroid dienone is 1. The molecule has 2 aromatic carbocycles. The van der Waals surface area contributed by atoms with E-state index in [0.717, 1.165) is 29.5 Å². The van der Waals surface area contributed by atoms with Crippen LogP contribution in [0.2, 0.25) is 0 Å². The minimum absolute atomic E-state index is 0.100. The fourth-order valence-corrected chi connectivity index (χ4v) is 3.76. The molecule has 1 heterocycles. The predicted molar refractivity (Wildman–Crippen MR) is 122 cm³/mol. The molecule has 3 rings (SSSR count). The van der Waals surface area contributed by atoms with Crippen molar-refractivity contribution in [3.8, 4) is 11.5 Å². The highest BCUT2D eigenvalue weighted by Gasteiger charge is 2.11. The maximum atomic E-state index is 10.8. The number of rotatable bonds is 11. The molecule has 0 saturated heterocycles. The first kappa shape index (κ1) is 23.1. The molecule has 0 fully saturated rings. The van der Waals surface area contributed by atoms with Gasteiger partial charge >= 0.3 is 7.60 Å².